The number of carbonyl (C=O) groups is 1. The molecular weight excluding hydrogens is 384 g/mol. The molecule has 6 N–H and O–H groups in total. The molecule has 0 amide bonds. The van der Waals surface area contributed by atoms with Crippen molar-refractivity contribution in [1.29, 1.82) is 0 Å². The zero-order chi connectivity index (χ0) is 21.3. The van der Waals surface area contributed by atoms with Crippen LogP contribution >= 0.6 is 0 Å². The SMILES string of the molecule is C=C1[C@@H](O)[C@]2(O)OC[C@]34[C@H]2[C@]2(C)C(=C(C)C[C@H](O)[C@H]2O)C[C@H]3OC(=O)[C@H](O)[C@@]14O. The van der Waals surface area contributed by atoms with E-state index in [1.807, 2.05) is 0 Å². The van der Waals surface area contributed by atoms with E-state index in [2.05, 4.69) is 6.58 Å². The smallest absolute Gasteiger partial charge is 0.338 e. The highest BCUT2D eigenvalue weighted by atomic mass is 16.7. The first-order chi connectivity index (χ1) is 13.4. The molecule has 2 bridgehead atoms. The van der Waals surface area contributed by atoms with Gasteiger partial charge < -0.3 is 40.1 Å². The van der Waals surface area contributed by atoms with E-state index in [4.69, 9.17) is 9.47 Å². The summed E-state index contributed by atoms with van der Waals surface area (Å²) in [6.45, 7) is 6.79. The van der Waals surface area contributed by atoms with Crippen molar-refractivity contribution in [2.45, 2.75) is 68.6 Å². The molecule has 5 rings (SSSR count). The predicted molar refractivity (Wildman–Crippen MR) is 94.9 cm³/mol. The zero-order valence-corrected chi connectivity index (χ0v) is 16.2. The monoisotopic (exact) mass is 410 g/mol. The Hall–Kier alpha value is -1.33. The molecule has 9 nitrogen and oxygen atoms in total. The Kier molecular flexibility index (Phi) is 3.58. The molecule has 2 aliphatic heterocycles. The maximum absolute atomic E-state index is 12.4. The van der Waals surface area contributed by atoms with Gasteiger partial charge in [0.05, 0.1) is 24.2 Å². The molecule has 5 aliphatic rings. The first kappa shape index (κ1) is 19.6. The van der Waals surface area contributed by atoms with Crippen LogP contribution in [-0.4, -0.2) is 85.1 Å². The Bertz CT molecular complexity index is 868. The van der Waals surface area contributed by atoms with Gasteiger partial charge in [-0.05, 0) is 18.9 Å². The fourth-order valence-electron chi connectivity index (χ4n) is 7.23. The molecule has 2 saturated carbocycles. The van der Waals surface area contributed by atoms with Gasteiger partial charge in [0.25, 0.3) is 0 Å². The summed E-state index contributed by atoms with van der Waals surface area (Å²) in [7, 11) is 0. The van der Waals surface area contributed by atoms with Gasteiger partial charge >= 0.3 is 5.97 Å². The zero-order valence-electron chi connectivity index (χ0n) is 16.2. The van der Waals surface area contributed by atoms with Crippen LogP contribution in [-0.2, 0) is 14.3 Å². The number of fused-ring (bicyclic) bond motifs is 1. The van der Waals surface area contributed by atoms with Crippen molar-refractivity contribution in [3.8, 4) is 0 Å². The van der Waals surface area contributed by atoms with Crippen molar-refractivity contribution in [3.63, 3.8) is 0 Å². The van der Waals surface area contributed by atoms with Crippen molar-refractivity contribution in [2.24, 2.45) is 16.7 Å². The first-order valence-corrected chi connectivity index (χ1v) is 9.78. The average Bonchev–Trinajstić information content (AvgIpc) is 2.98. The third-order valence-electron chi connectivity index (χ3n) is 8.49. The second-order valence-corrected chi connectivity index (χ2v) is 9.50. The van der Waals surface area contributed by atoms with Crippen LogP contribution in [0.2, 0.25) is 0 Å². The summed E-state index contributed by atoms with van der Waals surface area (Å²) in [5.74, 6) is -4.50. The summed E-state index contributed by atoms with van der Waals surface area (Å²) < 4.78 is 11.2. The second-order valence-electron chi connectivity index (χ2n) is 9.50. The number of esters is 1. The molecule has 2 saturated heterocycles. The highest BCUT2D eigenvalue weighted by Gasteiger charge is 2.86. The van der Waals surface area contributed by atoms with E-state index in [0.29, 0.717) is 5.57 Å². The fourth-order valence-corrected chi connectivity index (χ4v) is 7.23. The van der Waals surface area contributed by atoms with Crippen LogP contribution in [0, 0.1) is 16.7 Å². The van der Waals surface area contributed by atoms with Gasteiger partial charge in [0.2, 0.25) is 5.79 Å². The molecule has 29 heavy (non-hydrogen) atoms. The van der Waals surface area contributed by atoms with Crippen LogP contribution in [0.3, 0.4) is 0 Å². The van der Waals surface area contributed by atoms with E-state index in [1.54, 1.807) is 13.8 Å². The van der Waals surface area contributed by atoms with Crippen LogP contribution in [0.5, 0.6) is 0 Å². The normalized spacial score (nSPS) is 58.6. The average molecular weight is 410 g/mol. The Balaban J connectivity index is 1.86. The minimum Gasteiger partial charge on any atom is -0.459 e. The van der Waals surface area contributed by atoms with Crippen molar-refractivity contribution >= 4 is 5.97 Å². The molecule has 10 atom stereocenters. The molecule has 2 heterocycles. The van der Waals surface area contributed by atoms with Gasteiger partial charge in [0, 0.05) is 17.8 Å². The van der Waals surface area contributed by atoms with Gasteiger partial charge in [-0.3, -0.25) is 0 Å². The van der Waals surface area contributed by atoms with Crippen molar-refractivity contribution < 1.29 is 44.9 Å². The lowest BCUT2D eigenvalue weighted by Gasteiger charge is -2.68. The number of aliphatic hydroxyl groups excluding tert-OH is 4. The maximum atomic E-state index is 12.4. The van der Waals surface area contributed by atoms with E-state index in [0.717, 1.165) is 5.57 Å². The molecule has 9 heteroatoms. The highest BCUT2D eigenvalue weighted by molar-refractivity contribution is 5.80. The Morgan fingerprint density at radius 1 is 1.10 bits per heavy atom. The van der Waals surface area contributed by atoms with E-state index in [-0.39, 0.29) is 25.0 Å². The molecule has 0 aromatic rings. The number of aliphatic hydroxyl groups is 6. The lowest BCUT2D eigenvalue weighted by Crippen LogP contribution is -2.82. The largest absolute Gasteiger partial charge is 0.459 e. The van der Waals surface area contributed by atoms with Gasteiger partial charge in [0.15, 0.2) is 6.10 Å². The summed E-state index contributed by atoms with van der Waals surface area (Å²) in [5, 5.41) is 66.4. The molecule has 0 radical (unpaired) electrons. The van der Waals surface area contributed by atoms with Crippen molar-refractivity contribution in [1.82, 2.24) is 0 Å². The van der Waals surface area contributed by atoms with Crippen molar-refractivity contribution in [2.75, 3.05) is 6.61 Å². The number of carbonyl (C=O) groups excluding carboxylic acids is 1. The predicted octanol–water partition coefficient (Wildman–Crippen LogP) is -1.89. The van der Waals surface area contributed by atoms with E-state index in [9.17, 15) is 35.4 Å². The molecule has 1 spiro atoms. The number of ether oxygens (including phenoxy) is 2. The quantitative estimate of drug-likeness (QED) is 0.198. The molecule has 4 fully saturated rings. The molecular formula is C20H26O9. The summed E-state index contributed by atoms with van der Waals surface area (Å²) in [4.78, 5) is 12.4. The Labute approximate surface area is 166 Å². The first-order valence-electron chi connectivity index (χ1n) is 9.78. The fraction of sp³-hybridized carbons (Fsp3) is 0.750. The maximum Gasteiger partial charge on any atom is 0.338 e. The molecule has 0 unspecified atom stereocenters. The Morgan fingerprint density at radius 2 is 1.76 bits per heavy atom. The summed E-state index contributed by atoms with van der Waals surface area (Å²) in [6.07, 6.45) is -7.00. The summed E-state index contributed by atoms with van der Waals surface area (Å²) in [5.41, 5.74) is -4.11. The van der Waals surface area contributed by atoms with Crippen molar-refractivity contribution in [3.05, 3.63) is 23.3 Å². The van der Waals surface area contributed by atoms with E-state index < -0.39 is 64.6 Å². The van der Waals surface area contributed by atoms with Crippen LogP contribution in [0.25, 0.3) is 0 Å². The lowest BCUT2D eigenvalue weighted by atomic mass is 9.38. The number of hydrogen-bond donors (Lipinski definition) is 6. The lowest BCUT2D eigenvalue weighted by molar-refractivity contribution is -0.326. The van der Waals surface area contributed by atoms with Crippen LogP contribution in [0.15, 0.2) is 23.3 Å². The van der Waals surface area contributed by atoms with Gasteiger partial charge in [-0.2, -0.15) is 0 Å². The van der Waals surface area contributed by atoms with Crippen LogP contribution < -0.4 is 0 Å². The van der Waals surface area contributed by atoms with Crippen LogP contribution in [0.1, 0.15) is 26.7 Å². The van der Waals surface area contributed by atoms with Crippen LogP contribution in [0.4, 0.5) is 0 Å². The van der Waals surface area contributed by atoms with Gasteiger partial charge in [-0.15, -0.1) is 0 Å². The molecule has 0 aromatic heterocycles. The third kappa shape index (κ3) is 1.74. The number of rotatable bonds is 0. The second kappa shape index (κ2) is 5.28. The minimum absolute atomic E-state index is 0.131. The summed E-state index contributed by atoms with van der Waals surface area (Å²) in [6, 6.07) is 0. The minimum atomic E-state index is -2.34. The highest BCUT2D eigenvalue weighted by Crippen LogP contribution is 2.74. The topological polar surface area (TPSA) is 157 Å². The van der Waals surface area contributed by atoms with Gasteiger partial charge in [-0.1, -0.05) is 24.6 Å². The molecule has 160 valence electrons. The number of hydrogen-bond acceptors (Lipinski definition) is 9. The van der Waals surface area contributed by atoms with E-state index >= 15 is 0 Å². The molecule has 0 aromatic carbocycles. The Morgan fingerprint density at radius 3 is 2.41 bits per heavy atom. The van der Waals surface area contributed by atoms with Gasteiger partial charge in [0.1, 0.15) is 17.8 Å². The standard InChI is InChI=1S/C20H26O9/c1-7-4-10(21)13(23)17(3)9(7)5-11-18-6-28-20(27,16(17)18)12(22)8(2)19(18,26)14(24)15(25)29-11/h10-14,16,21-24,26-27H,2,4-6H2,1,3H3/t10-,11+,12+,13+,14-,16+,17+,18+,19-,20-/m0/s1. The summed E-state index contributed by atoms with van der Waals surface area (Å²) >= 11 is 0. The van der Waals surface area contributed by atoms with E-state index in [1.165, 1.54) is 0 Å². The molecule has 3 aliphatic carbocycles. The van der Waals surface area contributed by atoms with Gasteiger partial charge in [-0.25, -0.2) is 4.79 Å². The third-order valence-corrected chi connectivity index (χ3v) is 8.49.